The SMILES string of the molecule is BrCc1cccc(Br)c1OCc1cncc(Br)c1. The van der Waals surface area contributed by atoms with Crippen LogP contribution in [-0.2, 0) is 11.9 Å². The Hall–Kier alpha value is -0.390. The van der Waals surface area contributed by atoms with Crippen molar-refractivity contribution in [2.45, 2.75) is 11.9 Å². The van der Waals surface area contributed by atoms with Crippen molar-refractivity contribution in [3.05, 3.63) is 56.7 Å². The van der Waals surface area contributed by atoms with Gasteiger partial charge in [0.25, 0.3) is 0 Å². The van der Waals surface area contributed by atoms with E-state index in [0.717, 1.165) is 31.2 Å². The van der Waals surface area contributed by atoms with Gasteiger partial charge in [-0.05, 0) is 44.0 Å². The molecule has 2 rings (SSSR count). The zero-order chi connectivity index (χ0) is 13.0. The van der Waals surface area contributed by atoms with E-state index in [1.807, 2.05) is 24.3 Å². The highest BCUT2D eigenvalue weighted by molar-refractivity contribution is 9.11. The maximum Gasteiger partial charge on any atom is 0.138 e. The number of aromatic nitrogens is 1. The third kappa shape index (κ3) is 3.56. The molecule has 1 aromatic heterocycles. The second-order valence-electron chi connectivity index (χ2n) is 3.66. The van der Waals surface area contributed by atoms with Crippen LogP contribution in [0.4, 0.5) is 0 Å². The highest BCUT2D eigenvalue weighted by Crippen LogP contribution is 2.31. The van der Waals surface area contributed by atoms with Gasteiger partial charge in [-0.3, -0.25) is 4.98 Å². The van der Waals surface area contributed by atoms with Gasteiger partial charge >= 0.3 is 0 Å². The fraction of sp³-hybridized carbons (Fsp3) is 0.154. The van der Waals surface area contributed by atoms with Crippen LogP contribution in [0.1, 0.15) is 11.1 Å². The summed E-state index contributed by atoms with van der Waals surface area (Å²) in [7, 11) is 0. The average molecular weight is 436 g/mol. The monoisotopic (exact) mass is 433 g/mol. The molecule has 0 amide bonds. The minimum absolute atomic E-state index is 0.495. The van der Waals surface area contributed by atoms with Gasteiger partial charge in [-0.15, -0.1) is 0 Å². The van der Waals surface area contributed by atoms with Crippen LogP contribution in [0.2, 0.25) is 0 Å². The van der Waals surface area contributed by atoms with Gasteiger partial charge in [0, 0.05) is 33.3 Å². The molecule has 0 atom stereocenters. The lowest BCUT2D eigenvalue weighted by Crippen LogP contribution is -1.99. The molecule has 0 spiro atoms. The molecule has 0 N–H and O–H groups in total. The Morgan fingerprint density at radius 2 is 2.00 bits per heavy atom. The molecule has 0 saturated carbocycles. The van der Waals surface area contributed by atoms with Crippen LogP contribution in [0.25, 0.3) is 0 Å². The molecule has 1 aromatic carbocycles. The van der Waals surface area contributed by atoms with Gasteiger partial charge in [-0.25, -0.2) is 0 Å². The summed E-state index contributed by atoms with van der Waals surface area (Å²) in [5.41, 5.74) is 2.15. The lowest BCUT2D eigenvalue weighted by Gasteiger charge is -2.12. The fourth-order valence-electron chi connectivity index (χ4n) is 1.51. The van der Waals surface area contributed by atoms with Crippen LogP contribution >= 0.6 is 47.8 Å². The highest BCUT2D eigenvalue weighted by atomic mass is 79.9. The van der Waals surface area contributed by atoms with Crippen molar-refractivity contribution in [3.8, 4) is 5.75 Å². The highest BCUT2D eigenvalue weighted by Gasteiger charge is 2.07. The molecule has 0 aliphatic carbocycles. The first-order chi connectivity index (χ1) is 8.70. The summed E-state index contributed by atoms with van der Waals surface area (Å²) in [5.74, 6) is 0.870. The molecule has 0 unspecified atom stereocenters. The van der Waals surface area contributed by atoms with E-state index in [1.54, 1.807) is 12.4 Å². The predicted octanol–water partition coefficient (Wildman–Crippen LogP) is 5.08. The van der Waals surface area contributed by atoms with Crippen LogP contribution in [0, 0.1) is 0 Å². The molecule has 0 bridgehead atoms. The van der Waals surface area contributed by atoms with Crippen LogP contribution in [0.5, 0.6) is 5.75 Å². The van der Waals surface area contributed by atoms with Gasteiger partial charge < -0.3 is 4.74 Å². The number of benzene rings is 1. The summed E-state index contributed by atoms with van der Waals surface area (Å²) in [5, 5.41) is 0.762. The molecule has 0 aliphatic heterocycles. The number of ether oxygens (including phenoxy) is 1. The van der Waals surface area contributed by atoms with Crippen molar-refractivity contribution >= 4 is 47.8 Å². The van der Waals surface area contributed by atoms with Crippen molar-refractivity contribution in [1.82, 2.24) is 4.98 Å². The fourth-order valence-corrected chi connectivity index (χ4v) is 2.89. The third-order valence-corrected chi connectivity index (χ3v) is 4.00. The summed E-state index contributed by atoms with van der Waals surface area (Å²) < 4.78 is 7.78. The summed E-state index contributed by atoms with van der Waals surface area (Å²) in [6.07, 6.45) is 3.56. The number of pyridine rings is 1. The molecule has 0 fully saturated rings. The van der Waals surface area contributed by atoms with E-state index >= 15 is 0 Å². The summed E-state index contributed by atoms with van der Waals surface area (Å²) in [6, 6.07) is 8.00. The van der Waals surface area contributed by atoms with Gasteiger partial charge in [0.15, 0.2) is 0 Å². The van der Waals surface area contributed by atoms with Crippen molar-refractivity contribution in [1.29, 1.82) is 0 Å². The maximum atomic E-state index is 5.86. The molecular formula is C13H10Br3NO. The molecule has 0 aliphatic rings. The lowest BCUT2D eigenvalue weighted by atomic mass is 10.2. The average Bonchev–Trinajstić information content (AvgIpc) is 2.37. The Bertz CT molecular complexity index is 546. The first-order valence-corrected chi connectivity index (χ1v) is 7.97. The molecule has 2 nitrogen and oxygen atoms in total. The summed E-state index contributed by atoms with van der Waals surface area (Å²) in [6.45, 7) is 0.495. The Labute approximate surface area is 131 Å². The summed E-state index contributed by atoms with van der Waals surface area (Å²) in [4.78, 5) is 4.11. The van der Waals surface area contributed by atoms with E-state index in [-0.39, 0.29) is 0 Å². The zero-order valence-electron chi connectivity index (χ0n) is 9.37. The summed E-state index contributed by atoms with van der Waals surface area (Å²) >= 11 is 10.4. The Balaban J connectivity index is 2.15. The number of para-hydroxylation sites is 1. The Morgan fingerprint density at radius 1 is 1.17 bits per heavy atom. The first kappa shape index (κ1) is 14.0. The van der Waals surface area contributed by atoms with E-state index in [0.29, 0.717) is 6.61 Å². The van der Waals surface area contributed by atoms with Crippen molar-refractivity contribution in [2.75, 3.05) is 0 Å². The number of rotatable bonds is 4. The van der Waals surface area contributed by atoms with E-state index in [2.05, 4.69) is 52.8 Å². The van der Waals surface area contributed by atoms with E-state index in [1.165, 1.54) is 0 Å². The number of hydrogen-bond donors (Lipinski definition) is 0. The second-order valence-corrected chi connectivity index (χ2v) is 5.99. The van der Waals surface area contributed by atoms with Crippen LogP contribution in [0.15, 0.2) is 45.6 Å². The normalized spacial score (nSPS) is 10.4. The molecule has 0 saturated heterocycles. The van der Waals surface area contributed by atoms with Crippen LogP contribution < -0.4 is 4.74 Å². The molecule has 18 heavy (non-hydrogen) atoms. The quantitative estimate of drug-likeness (QED) is 0.625. The minimum Gasteiger partial charge on any atom is -0.487 e. The Kier molecular flexibility index (Phi) is 5.21. The zero-order valence-corrected chi connectivity index (χ0v) is 14.1. The smallest absolute Gasteiger partial charge is 0.138 e. The molecule has 2 aromatic rings. The van der Waals surface area contributed by atoms with Crippen LogP contribution in [-0.4, -0.2) is 4.98 Å². The van der Waals surface area contributed by atoms with Crippen molar-refractivity contribution in [3.63, 3.8) is 0 Å². The molecule has 5 heteroatoms. The van der Waals surface area contributed by atoms with Crippen LogP contribution in [0.3, 0.4) is 0 Å². The van der Waals surface area contributed by atoms with Gasteiger partial charge in [-0.1, -0.05) is 28.1 Å². The number of halogens is 3. The molecule has 0 radical (unpaired) electrons. The van der Waals surface area contributed by atoms with Crippen molar-refractivity contribution < 1.29 is 4.74 Å². The third-order valence-electron chi connectivity index (χ3n) is 2.34. The van der Waals surface area contributed by atoms with Gasteiger partial charge in [-0.2, -0.15) is 0 Å². The van der Waals surface area contributed by atoms with Crippen molar-refractivity contribution in [2.24, 2.45) is 0 Å². The standard InChI is InChI=1S/C13H10Br3NO/c14-5-10-2-1-3-12(16)13(10)18-8-9-4-11(15)7-17-6-9/h1-4,6-7H,5,8H2. The van der Waals surface area contributed by atoms with E-state index < -0.39 is 0 Å². The maximum absolute atomic E-state index is 5.86. The number of nitrogens with zero attached hydrogens (tertiary/aromatic N) is 1. The van der Waals surface area contributed by atoms with Gasteiger partial charge in [0.1, 0.15) is 12.4 Å². The molecule has 1 heterocycles. The lowest BCUT2D eigenvalue weighted by molar-refractivity contribution is 0.301. The topological polar surface area (TPSA) is 22.1 Å². The van der Waals surface area contributed by atoms with Gasteiger partial charge in [0.2, 0.25) is 0 Å². The molecular weight excluding hydrogens is 426 g/mol. The predicted molar refractivity (Wildman–Crippen MR) is 83.0 cm³/mol. The minimum atomic E-state index is 0.495. The number of alkyl halides is 1. The largest absolute Gasteiger partial charge is 0.487 e. The van der Waals surface area contributed by atoms with Gasteiger partial charge in [0.05, 0.1) is 4.47 Å². The first-order valence-electron chi connectivity index (χ1n) is 5.26. The Morgan fingerprint density at radius 3 is 2.72 bits per heavy atom. The van der Waals surface area contributed by atoms with E-state index in [9.17, 15) is 0 Å². The molecule has 94 valence electrons. The van der Waals surface area contributed by atoms with E-state index in [4.69, 9.17) is 4.74 Å². The number of hydrogen-bond acceptors (Lipinski definition) is 2. The second kappa shape index (κ2) is 6.68.